The molecule has 0 spiro atoms. The summed E-state index contributed by atoms with van der Waals surface area (Å²) in [4.78, 5) is 11.1. The van der Waals surface area contributed by atoms with Crippen LogP contribution in [-0.4, -0.2) is 23.5 Å². The Labute approximate surface area is 86.3 Å². The van der Waals surface area contributed by atoms with E-state index in [0.717, 1.165) is 4.48 Å². The van der Waals surface area contributed by atoms with Gasteiger partial charge in [0, 0.05) is 11.0 Å². The molecule has 4 heteroatoms. The van der Waals surface area contributed by atoms with Crippen molar-refractivity contribution in [3.8, 4) is 0 Å². The lowest BCUT2D eigenvalue weighted by Gasteiger charge is -2.05. The fourth-order valence-electron chi connectivity index (χ4n) is 0.488. The topological polar surface area (TPSA) is 29.1 Å². The summed E-state index contributed by atoms with van der Waals surface area (Å²) in [6, 6.07) is 0. The molecule has 0 aromatic heterocycles. The molecule has 2 nitrogen and oxygen atoms in total. The minimum absolute atomic E-state index is 0.0642. The average molecular weight is 252 g/mol. The third-order valence-electron chi connectivity index (χ3n) is 1.03. The summed E-state index contributed by atoms with van der Waals surface area (Å²) < 4.78 is 0.797. The zero-order valence-electron chi connectivity index (χ0n) is 7.39. The van der Waals surface area contributed by atoms with E-state index in [1.807, 2.05) is 0 Å². The molecule has 0 saturated heterocycles. The molecule has 1 N–H and O–H groups in total. The van der Waals surface area contributed by atoms with Crippen LogP contribution in [0.4, 0.5) is 0 Å². The van der Waals surface area contributed by atoms with Gasteiger partial charge in [0.2, 0.25) is 5.91 Å². The minimum Gasteiger partial charge on any atom is -0.351 e. The van der Waals surface area contributed by atoms with Gasteiger partial charge in [-0.25, -0.2) is 0 Å². The number of thioether (sulfide) groups is 1. The lowest BCUT2D eigenvalue weighted by molar-refractivity contribution is -0.118. The van der Waals surface area contributed by atoms with E-state index < -0.39 is 0 Å². The first-order chi connectivity index (χ1) is 5.52. The van der Waals surface area contributed by atoms with Gasteiger partial charge in [0.1, 0.15) is 0 Å². The van der Waals surface area contributed by atoms with Crippen LogP contribution in [0.1, 0.15) is 13.8 Å². The van der Waals surface area contributed by atoms with Gasteiger partial charge < -0.3 is 5.32 Å². The zero-order chi connectivity index (χ0) is 9.56. The minimum atomic E-state index is 0.0642. The average Bonchev–Trinajstić information content (AvgIpc) is 1.96. The number of carbonyl (C=O) groups is 1. The van der Waals surface area contributed by atoms with Gasteiger partial charge in [-0.2, -0.15) is 0 Å². The fourth-order valence-corrected chi connectivity index (χ4v) is 1.21. The Morgan fingerprint density at radius 1 is 1.67 bits per heavy atom. The molecule has 0 rings (SSSR count). The molecule has 0 aromatic carbocycles. The van der Waals surface area contributed by atoms with Crippen LogP contribution >= 0.6 is 27.7 Å². The van der Waals surface area contributed by atoms with Crippen LogP contribution in [0.3, 0.4) is 0 Å². The molecule has 0 aliphatic heterocycles. The Morgan fingerprint density at radius 3 is 2.67 bits per heavy atom. The summed E-state index contributed by atoms with van der Waals surface area (Å²) >= 11 is 4.80. The van der Waals surface area contributed by atoms with Crippen LogP contribution in [0.2, 0.25) is 0 Å². The van der Waals surface area contributed by atoms with E-state index in [1.165, 1.54) is 0 Å². The first-order valence-corrected chi connectivity index (χ1v) is 5.58. The molecule has 0 saturated carbocycles. The van der Waals surface area contributed by atoms with E-state index in [4.69, 9.17) is 0 Å². The monoisotopic (exact) mass is 251 g/mol. The molecule has 0 unspecified atom stereocenters. The molecule has 0 atom stereocenters. The van der Waals surface area contributed by atoms with Crippen molar-refractivity contribution in [2.24, 2.45) is 0 Å². The molecule has 0 aromatic rings. The Kier molecular flexibility index (Phi) is 6.57. The van der Waals surface area contributed by atoms with E-state index >= 15 is 0 Å². The van der Waals surface area contributed by atoms with Crippen LogP contribution in [0, 0.1) is 0 Å². The van der Waals surface area contributed by atoms with Crippen LogP contribution in [0.15, 0.2) is 11.1 Å². The van der Waals surface area contributed by atoms with Crippen LogP contribution in [0.25, 0.3) is 0 Å². The third-order valence-corrected chi connectivity index (χ3v) is 2.40. The SMILES string of the molecule is C=C(Br)CNC(=O)CSC(C)C. The van der Waals surface area contributed by atoms with Gasteiger partial charge in [0.25, 0.3) is 0 Å². The molecule has 0 bridgehead atoms. The Bertz CT molecular complexity index is 170. The van der Waals surface area contributed by atoms with Crippen molar-refractivity contribution in [3.05, 3.63) is 11.1 Å². The summed E-state index contributed by atoms with van der Waals surface area (Å²) in [5.41, 5.74) is 0. The van der Waals surface area contributed by atoms with E-state index in [-0.39, 0.29) is 5.91 Å². The Hall–Kier alpha value is 0.0400. The van der Waals surface area contributed by atoms with Crippen molar-refractivity contribution in [3.63, 3.8) is 0 Å². The van der Waals surface area contributed by atoms with Crippen molar-refractivity contribution in [1.29, 1.82) is 0 Å². The summed E-state index contributed by atoms with van der Waals surface area (Å²) in [6.45, 7) is 8.27. The number of hydrogen-bond acceptors (Lipinski definition) is 2. The molecule has 0 aliphatic rings. The van der Waals surface area contributed by atoms with Crippen molar-refractivity contribution in [2.45, 2.75) is 19.1 Å². The van der Waals surface area contributed by atoms with Gasteiger partial charge in [0.05, 0.1) is 5.75 Å². The summed E-state index contributed by atoms with van der Waals surface area (Å²) in [7, 11) is 0. The number of carbonyl (C=O) groups excluding carboxylic acids is 1. The highest BCUT2D eigenvalue weighted by atomic mass is 79.9. The van der Waals surface area contributed by atoms with Gasteiger partial charge in [-0.3, -0.25) is 4.79 Å². The second-order valence-electron chi connectivity index (χ2n) is 2.65. The number of nitrogens with one attached hydrogen (secondary N) is 1. The van der Waals surface area contributed by atoms with Crippen molar-refractivity contribution >= 4 is 33.6 Å². The predicted octanol–water partition coefficient (Wildman–Crippen LogP) is 2.15. The molecule has 1 amide bonds. The fraction of sp³-hybridized carbons (Fsp3) is 0.625. The predicted molar refractivity (Wildman–Crippen MR) is 58.7 cm³/mol. The van der Waals surface area contributed by atoms with Gasteiger partial charge in [-0.15, -0.1) is 11.8 Å². The smallest absolute Gasteiger partial charge is 0.230 e. The molecule has 0 radical (unpaired) electrons. The molecule has 0 heterocycles. The Balaban J connectivity index is 3.40. The summed E-state index contributed by atoms with van der Waals surface area (Å²) in [5, 5.41) is 3.23. The van der Waals surface area contributed by atoms with E-state index in [1.54, 1.807) is 11.8 Å². The molecule has 12 heavy (non-hydrogen) atoms. The largest absolute Gasteiger partial charge is 0.351 e. The first-order valence-electron chi connectivity index (χ1n) is 3.74. The van der Waals surface area contributed by atoms with E-state index in [9.17, 15) is 4.79 Å². The maximum atomic E-state index is 11.1. The molecular weight excluding hydrogens is 238 g/mol. The van der Waals surface area contributed by atoms with Gasteiger partial charge in [0.15, 0.2) is 0 Å². The number of rotatable bonds is 5. The maximum absolute atomic E-state index is 11.1. The Morgan fingerprint density at radius 2 is 2.25 bits per heavy atom. The van der Waals surface area contributed by atoms with Gasteiger partial charge >= 0.3 is 0 Å². The maximum Gasteiger partial charge on any atom is 0.230 e. The van der Waals surface area contributed by atoms with Crippen molar-refractivity contribution < 1.29 is 4.79 Å². The standard InChI is InChI=1S/C8H14BrNOS/c1-6(2)12-5-8(11)10-4-7(3)9/h6H,3-5H2,1-2H3,(H,10,11). The first kappa shape index (κ1) is 12.0. The van der Waals surface area contributed by atoms with Crippen LogP contribution < -0.4 is 5.32 Å². The lowest BCUT2D eigenvalue weighted by Crippen LogP contribution is -2.26. The van der Waals surface area contributed by atoms with Crippen LogP contribution in [0.5, 0.6) is 0 Å². The van der Waals surface area contributed by atoms with Gasteiger partial charge in [-0.05, 0) is 5.25 Å². The molecule has 70 valence electrons. The highest BCUT2D eigenvalue weighted by molar-refractivity contribution is 9.11. The highest BCUT2D eigenvalue weighted by Gasteiger charge is 2.02. The molecular formula is C8H14BrNOS. The zero-order valence-corrected chi connectivity index (χ0v) is 9.80. The van der Waals surface area contributed by atoms with E-state index in [2.05, 4.69) is 41.7 Å². The van der Waals surface area contributed by atoms with Crippen molar-refractivity contribution in [1.82, 2.24) is 5.32 Å². The second-order valence-corrected chi connectivity index (χ2v) is 5.34. The number of hydrogen-bond donors (Lipinski definition) is 1. The summed E-state index contributed by atoms with van der Waals surface area (Å²) in [6.07, 6.45) is 0. The quantitative estimate of drug-likeness (QED) is 0.812. The molecule has 0 aliphatic carbocycles. The van der Waals surface area contributed by atoms with Crippen molar-refractivity contribution in [2.75, 3.05) is 12.3 Å². The molecule has 0 fully saturated rings. The summed E-state index contributed by atoms with van der Waals surface area (Å²) in [5.74, 6) is 0.590. The van der Waals surface area contributed by atoms with E-state index in [0.29, 0.717) is 17.5 Å². The lowest BCUT2D eigenvalue weighted by atomic mass is 10.6. The number of halogens is 1. The third kappa shape index (κ3) is 8.14. The van der Waals surface area contributed by atoms with Crippen LogP contribution in [-0.2, 0) is 4.79 Å². The normalized spacial score (nSPS) is 10.0. The second kappa shape index (κ2) is 6.54. The highest BCUT2D eigenvalue weighted by Crippen LogP contribution is 2.07. The van der Waals surface area contributed by atoms with Gasteiger partial charge in [-0.1, -0.05) is 36.4 Å². The number of amides is 1.